The second-order valence-electron chi connectivity index (χ2n) is 18.0. The van der Waals surface area contributed by atoms with E-state index in [-0.39, 0.29) is 22.7 Å². The third kappa shape index (κ3) is 6.69. The lowest BCUT2D eigenvalue weighted by Crippen LogP contribution is -2.68. The largest absolute Gasteiger partial charge is 0.550 e. The van der Waals surface area contributed by atoms with E-state index in [2.05, 4.69) is 13.5 Å². The number of fused-ring (bicyclic) bond motifs is 3. The molecule has 56 heavy (non-hydrogen) atoms. The van der Waals surface area contributed by atoms with E-state index in [0.29, 0.717) is 38.5 Å². The summed E-state index contributed by atoms with van der Waals surface area (Å²) < 4.78 is 36.6. The van der Waals surface area contributed by atoms with Gasteiger partial charge in [-0.2, -0.15) is 0 Å². The topological polar surface area (TPSA) is 298 Å². The molecule has 7 rings (SSSR count). The number of hydrogen-bond donors (Lipinski definition) is 10. The van der Waals surface area contributed by atoms with E-state index >= 15 is 0 Å². The van der Waals surface area contributed by atoms with Crippen LogP contribution in [-0.2, 0) is 33.2 Å². The normalized spacial score (nSPS) is 54.6. The quantitative estimate of drug-likeness (QED) is 0.0751. The van der Waals surface area contributed by atoms with Gasteiger partial charge in [-0.3, -0.25) is 0 Å². The number of aliphatic carboxylic acids is 1. The number of aliphatic hydroxyl groups excluding tert-OH is 10. The fraction of sp³-hybridized carbons (Fsp3) is 0.921. The van der Waals surface area contributed by atoms with Crippen LogP contribution >= 0.6 is 0 Å². The smallest absolute Gasteiger partial charge is 0.188 e. The lowest BCUT2D eigenvalue weighted by Gasteiger charge is -2.65. The summed E-state index contributed by atoms with van der Waals surface area (Å²) in [6, 6.07) is 0. The highest BCUT2D eigenvalue weighted by molar-refractivity contribution is 5.72. The fourth-order valence-electron chi connectivity index (χ4n) is 12.1. The van der Waals surface area contributed by atoms with Gasteiger partial charge in [0.1, 0.15) is 73.2 Å². The number of hydrogen-bond acceptors (Lipinski definition) is 18. The van der Waals surface area contributed by atoms with Gasteiger partial charge in [0.25, 0.3) is 0 Å². The van der Waals surface area contributed by atoms with E-state index in [0.717, 1.165) is 24.8 Å². The van der Waals surface area contributed by atoms with Crippen LogP contribution in [0.5, 0.6) is 0 Å². The summed E-state index contributed by atoms with van der Waals surface area (Å²) >= 11 is 0. The molecule has 4 saturated carbocycles. The van der Waals surface area contributed by atoms with Crippen molar-refractivity contribution in [3.05, 3.63) is 12.2 Å². The maximum atomic E-state index is 12.5. The molecule has 21 atom stereocenters. The first kappa shape index (κ1) is 42.7. The third-order valence-electron chi connectivity index (χ3n) is 15.0. The first-order valence-electron chi connectivity index (χ1n) is 19.8. The standard InChI is InChI=1S/C38H60O18/c1-16-11-37-9-5-20-35(2,7-4-8-36(20,3)34(49)50)21(37)6-10-38(16,15-37)56-33-30(55-32-28(48)26(46)23(43)18(13-40)52-32)29(24(44)19(14-41)53-33)54-31-27(47)25(45)22(42)17(12-39)51-31/h17-33,39-48H,1,4-15H2,2-3H3,(H,49,50)/p-1/t17?,18?,19?,20?,21?,22?,23?,24?,25?,26?,27?,28?,29?,30?,31?,32?,33?,35-,36-,37-,38+/m1/s1. The zero-order valence-electron chi connectivity index (χ0n) is 31.7. The van der Waals surface area contributed by atoms with E-state index in [1.54, 1.807) is 0 Å². The van der Waals surface area contributed by atoms with Crippen LogP contribution in [0, 0.1) is 28.1 Å². The van der Waals surface area contributed by atoms with Crippen molar-refractivity contribution in [1.82, 2.24) is 0 Å². The van der Waals surface area contributed by atoms with Gasteiger partial charge < -0.3 is 89.4 Å². The van der Waals surface area contributed by atoms with Crippen LogP contribution in [0.1, 0.15) is 71.6 Å². The Kier molecular flexibility index (Phi) is 11.9. The van der Waals surface area contributed by atoms with Crippen LogP contribution in [0.15, 0.2) is 12.2 Å². The minimum Gasteiger partial charge on any atom is -0.550 e. The van der Waals surface area contributed by atoms with Gasteiger partial charge in [0.15, 0.2) is 18.9 Å². The van der Waals surface area contributed by atoms with Crippen LogP contribution in [0.25, 0.3) is 0 Å². The summed E-state index contributed by atoms with van der Waals surface area (Å²) in [4.78, 5) is 12.5. The Morgan fingerprint density at radius 2 is 1.21 bits per heavy atom. The number of ether oxygens (including phenoxy) is 6. The van der Waals surface area contributed by atoms with Crippen molar-refractivity contribution >= 4 is 5.97 Å². The molecule has 0 aromatic rings. The van der Waals surface area contributed by atoms with E-state index in [4.69, 9.17) is 28.4 Å². The van der Waals surface area contributed by atoms with Crippen molar-refractivity contribution < 1.29 is 89.4 Å². The van der Waals surface area contributed by atoms with E-state index in [9.17, 15) is 61.0 Å². The zero-order chi connectivity index (χ0) is 40.7. The van der Waals surface area contributed by atoms with Gasteiger partial charge in [-0.25, -0.2) is 0 Å². The molecule has 0 radical (unpaired) electrons. The molecule has 320 valence electrons. The third-order valence-corrected chi connectivity index (χ3v) is 15.0. The van der Waals surface area contributed by atoms with Gasteiger partial charge in [-0.1, -0.05) is 26.8 Å². The Morgan fingerprint density at radius 1 is 0.696 bits per heavy atom. The van der Waals surface area contributed by atoms with Crippen molar-refractivity contribution in [3.63, 3.8) is 0 Å². The van der Waals surface area contributed by atoms with E-state index < -0.39 is 129 Å². The average Bonchev–Trinajstić information content (AvgIpc) is 3.36. The molecule has 2 bridgehead atoms. The molecule has 18 heteroatoms. The molecular weight excluding hydrogens is 744 g/mol. The highest BCUT2D eigenvalue weighted by atomic mass is 16.8. The van der Waals surface area contributed by atoms with Gasteiger partial charge in [0.2, 0.25) is 0 Å². The number of carbonyl (C=O) groups excluding carboxylic acids is 1. The second kappa shape index (κ2) is 15.6. The van der Waals surface area contributed by atoms with Crippen LogP contribution in [-0.4, -0.2) is 175 Å². The molecule has 0 aromatic carbocycles. The van der Waals surface area contributed by atoms with Gasteiger partial charge >= 0.3 is 0 Å². The summed E-state index contributed by atoms with van der Waals surface area (Å²) in [5.74, 6) is -0.946. The van der Waals surface area contributed by atoms with Gasteiger partial charge in [-0.05, 0) is 79.6 Å². The molecule has 3 saturated heterocycles. The fourth-order valence-corrected chi connectivity index (χ4v) is 12.1. The summed E-state index contributed by atoms with van der Waals surface area (Å²) in [6.07, 6.45) is -19.6. The van der Waals surface area contributed by atoms with Crippen LogP contribution < -0.4 is 5.11 Å². The van der Waals surface area contributed by atoms with Gasteiger partial charge in [0, 0.05) is 11.4 Å². The Balaban J connectivity index is 1.21. The van der Waals surface area contributed by atoms with E-state index in [1.165, 1.54) is 0 Å². The Hall–Kier alpha value is -1.43. The lowest BCUT2D eigenvalue weighted by molar-refractivity contribution is -0.400. The van der Waals surface area contributed by atoms with Crippen LogP contribution in [0.2, 0.25) is 0 Å². The van der Waals surface area contributed by atoms with Crippen molar-refractivity contribution in [2.24, 2.45) is 28.1 Å². The number of carboxylic acid groups (broad SMARTS) is 1. The predicted molar refractivity (Wildman–Crippen MR) is 184 cm³/mol. The van der Waals surface area contributed by atoms with Crippen molar-refractivity contribution in [3.8, 4) is 0 Å². The summed E-state index contributed by atoms with van der Waals surface area (Å²) in [6.45, 7) is 6.17. The van der Waals surface area contributed by atoms with Gasteiger partial charge in [-0.15, -0.1) is 0 Å². The number of carboxylic acids is 1. The molecule has 1 spiro atoms. The minimum absolute atomic E-state index is 0.0724. The molecule has 3 heterocycles. The molecule has 17 unspecified atom stereocenters. The number of aliphatic hydroxyl groups is 10. The highest BCUT2D eigenvalue weighted by Gasteiger charge is 2.68. The number of rotatable bonds is 10. The molecule has 3 aliphatic heterocycles. The molecule has 4 aliphatic carbocycles. The monoisotopic (exact) mass is 803 g/mol. The summed E-state index contributed by atoms with van der Waals surface area (Å²) in [7, 11) is 0. The minimum atomic E-state index is -1.92. The molecule has 7 aliphatic rings. The summed E-state index contributed by atoms with van der Waals surface area (Å²) in [5, 5.41) is 118. The molecule has 0 aromatic heterocycles. The van der Waals surface area contributed by atoms with Gasteiger partial charge in [0.05, 0.1) is 25.4 Å². The van der Waals surface area contributed by atoms with Crippen LogP contribution in [0.3, 0.4) is 0 Å². The first-order chi connectivity index (χ1) is 26.4. The predicted octanol–water partition coefficient (Wildman–Crippen LogP) is -3.71. The zero-order valence-corrected chi connectivity index (χ0v) is 31.7. The molecule has 0 amide bonds. The number of carbonyl (C=O) groups is 1. The maximum Gasteiger partial charge on any atom is 0.188 e. The van der Waals surface area contributed by atoms with Crippen molar-refractivity contribution in [1.29, 1.82) is 0 Å². The van der Waals surface area contributed by atoms with Crippen LogP contribution in [0.4, 0.5) is 0 Å². The maximum absolute atomic E-state index is 12.5. The molecule has 10 N–H and O–H groups in total. The molecule has 7 fully saturated rings. The molecular formula is C38H59O18-. The average molecular weight is 804 g/mol. The molecule has 18 nitrogen and oxygen atoms in total. The summed E-state index contributed by atoms with van der Waals surface area (Å²) in [5.41, 5.74) is -1.82. The Labute approximate surface area is 324 Å². The van der Waals surface area contributed by atoms with Crippen molar-refractivity contribution in [2.45, 2.75) is 169 Å². The Morgan fingerprint density at radius 3 is 1.77 bits per heavy atom. The lowest BCUT2D eigenvalue weighted by atomic mass is 9.41. The van der Waals surface area contributed by atoms with E-state index in [1.807, 2.05) is 6.92 Å². The second-order valence-corrected chi connectivity index (χ2v) is 18.0. The SMILES string of the molecule is C=C1C[C@@]23CCC4[C@@](C)(CCC[C@@]4(C)C(=O)[O-])C2CC[C@]1(OC1OC(CO)C(O)C(OC2OC(CO)C(O)C(O)C2O)C1OC1OC(CO)C(O)C(O)C1O)C3. The van der Waals surface area contributed by atoms with Crippen molar-refractivity contribution in [2.75, 3.05) is 19.8 Å². The Bertz CT molecular complexity index is 1450. The first-order valence-corrected chi connectivity index (χ1v) is 19.8. The highest BCUT2D eigenvalue weighted by Crippen LogP contribution is 2.73.